The molecule has 1 aliphatic heterocycles. The lowest BCUT2D eigenvalue weighted by Gasteiger charge is -2.26. The maximum absolute atomic E-state index is 12.1. The summed E-state index contributed by atoms with van der Waals surface area (Å²) in [6.07, 6.45) is 2.15. The number of carbonyl (C=O) groups is 1. The van der Waals surface area contributed by atoms with Gasteiger partial charge in [-0.25, -0.2) is 4.79 Å². The van der Waals surface area contributed by atoms with Crippen LogP contribution in [0.1, 0.15) is 51.7 Å². The molecular formula is C17H28N2O3S. The van der Waals surface area contributed by atoms with Gasteiger partial charge >= 0.3 is 6.09 Å². The molecule has 0 unspecified atom stereocenters. The van der Waals surface area contributed by atoms with E-state index in [4.69, 9.17) is 4.74 Å². The number of nitrogens with zero attached hydrogens (tertiary/aromatic N) is 1. The fourth-order valence-electron chi connectivity index (χ4n) is 2.67. The minimum Gasteiger partial charge on any atom is -0.444 e. The first-order chi connectivity index (χ1) is 10.8. The quantitative estimate of drug-likeness (QED) is 0.884. The highest BCUT2D eigenvalue weighted by molar-refractivity contribution is 7.07. The normalized spacial score (nSPS) is 20.9. The number of aliphatic hydroxyl groups excluding tert-OH is 1. The number of rotatable bonds is 4. The molecule has 0 radical (unpaired) electrons. The molecule has 0 aromatic carbocycles. The fraction of sp³-hybridized carbons (Fsp3) is 0.706. The van der Waals surface area contributed by atoms with Crippen LogP contribution in [0.2, 0.25) is 0 Å². The molecule has 5 nitrogen and oxygen atoms in total. The second-order valence-corrected chi connectivity index (χ2v) is 7.86. The van der Waals surface area contributed by atoms with Crippen LogP contribution in [0, 0.1) is 0 Å². The van der Waals surface area contributed by atoms with Crippen molar-refractivity contribution in [2.75, 3.05) is 19.6 Å². The lowest BCUT2D eigenvalue weighted by Crippen LogP contribution is -2.38. The van der Waals surface area contributed by atoms with Gasteiger partial charge in [-0.3, -0.25) is 0 Å². The molecule has 2 N–H and O–H groups in total. The molecule has 0 spiro atoms. The number of likely N-dealkylation sites (tertiary alicyclic amines) is 1. The summed E-state index contributed by atoms with van der Waals surface area (Å²) in [6, 6.07) is 2.28. The Bertz CT molecular complexity index is 485. The monoisotopic (exact) mass is 340 g/mol. The van der Waals surface area contributed by atoms with E-state index >= 15 is 0 Å². The zero-order chi connectivity index (χ0) is 16.9. The van der Waals surface area contributed by atoms with E-state index in [1.807, 2.05) is 37.6 Å². The van der Waals surface area contributed by atoms with Gasteiger partial charge in [-0.05, 0) is 62.4 Å². The third-order valence-corrected chi connectivity index (χ3v) is 4.61. The average molecular weight is 340 g/mol. The number of amides is 1. The lowest BCUT2D eigenvalue weighted by atomic mass is 10.1. The van der Waals surface area contributed by atoms with E-state index in [0.29, 0.717) is 19.1 Å². The Kier molecular flexibility index (Phi) is 6.44. The van der Waals surface area contributed by atoms with E-state index in [1.54, 1.807) is 16.2 Å². The molecule has 0 bridgehead atoms. The Hall–Kier alpha value is -1.11. The van der Waals surface area contributed by atoms with Crippen molar-refractivity contribution in [3.8, 4) is 0 Å². The molecule has 2 rings (SSSR count). The molecule has 1 fully saturated rings. The van der Waals surface area contributed by atoms with Gasteiger partial charge in [0.2, 0.25) is 0 Å². The summed E-state index contributed by atoms with van der Waals surface area (Å²) in [6.45, 7) is 7.64. The van der Waals surface area contributed by atoms with E-state index in [0.717, 1.165) is 31.4 Å². The molecule has 1 amide bonds. The van der Waals surface area contributed by atoms with Crippen LogP contribution in [-0.2, 0) is 4.74 Å². The lowest BCUT2D eigenvalue weighted by molar-refractivity contribution is 0.0255. The Morgan fingerprint density at radius 3 is 2.91 bits per heavy atom. The predicted octanol–water partition coefficient (Wildman–Crippen LogP) is 3.16. The Morgan fingerprint density at radius 2 is 2.26 bits per heavy atom. The van der Waals surface area contributed by atoms with Crippen LogP contribution < -0.4 is 5.32 Å². The molecule has 2 atom stereocenters. The molecular weight excluding hydrogens is 312 g/mol. The SMILES string of the molecule is CC(C)(C)OC(=O)N1CCC[C@@H](NC[C@H](O)c2ccsc2)CC1. The highest BCUT2D eigenvalue weighted by Gasteiger charge is 2.25. The number of nitrogens with one attached hydrogen (secondary N) is 1. The van der Waals surface area contributed by atoms with Crippen LogP contribution >= 0.6 is 11.3 Å². The van der Waals surface area contributed by atoms with Crippen molar-refractivity contribution in [2.45, 2.75) is 57.8 Å². The summed E-state index contributed by atoms with van der Waals surface area (Å²) in [5.74, 6) is 0. The van der Waals surface area contributed by atoms with Crippen LogP contribution in [-0.4, -0.2) is 47.4 Å². The third-order valence-electron chi connectivity index (χ3n) is 3.91. The van der Waals surface area contributed by atoms with Crippen LogP contribution in [0.15, 0.2) is 16.8 Å². The molecule has 1 saturated heterocycles. The summed E-state index contributed by atoms with van der Waals surface area (Å²) in [7, 11) is 0. The predicted molar refractivity (Wildman–Crippen MR) is 92.7 cm³/mol. The maximum Gasteiger partial charge on any atom is 0.410 e. The Balaban J connectivity index is 1.76. The first-order valence-electron chi connectivity index (χ1n) is 8.26. The molecule has 1 aromatic rings. The highest BCUT2D eigenvalue weighted by Crippen LogP contribution is 2.18. The van der Waals surface area contributed by atoms with Crippen molar-refractivity contribution in [3.63, 3.8) is 0 Å². The maximum atomic E-state index is 12.1. The number of aliphatic hydroxyl groups is 1. The molecule has 6 heteroatoms. The smallest absolute Gasteiger partial charge is 0.410 e. The van der Waals surface area contributed by atoms with Gasteiger partial charge in [-0.2, -0.15) is 11.3 Å². The highest BCUT2D eigenvalue weighted by atomic mass is 32.1. The second-order valence-electron chi connectivity index (χ2n) is 7.08. The van der Waals surface area contributed by atoms with Gasteiger partial charge in [-0.15, -0.1) is 0 Å². The zero-order valence-electron chi connectivity index (χ0n) is 14.2. The van der Waals surface area contributed by atoms with Crippen LogP contribution in [0.4, 0.5) is 4.79 Å². The summed E-state index contributed by atoms with van der Waals surface area (Å²) in [5, 5.41) is 17.5. The molecule has 2 heterocycles. The van der Waals surface area contributed by atoms with Crippen molar-refractivity contribution >= 4 is 17.4 Å². The number of carbonyl (C=O) groups excluding carboxylic acids is 1. The van der Waals surface area contributed by atoms with Crippen molar-refractivity contribution < 1.29 is 14.6 Å². The van der Waals surface area contributed by atoms with E-state index in [-0.39, 0.29) is 6.09 Å². The minimum absolute atomic E-state index is 0.226. The first-order valence-corrected chi connectivity index (χ1v) is 9.21. The second kappa shape index (κ2) is 8.13. The van der Waals surface area contributed by atoms with Crippen molar-refractivity contribution in [1.29, 1.82) is 0 Å². The van der Waals surface area contributed by atoms with Gasteiger partial charge in [0.1, 0.15) is 5.60 Å². The standard InChI is InChI=1S/C17H28N2O3S/c1-17(2,3)22-16(21)19-8-4-5-14(6-9-19)18-11-15(20)13-7-10-23-12-13/h7,10,12,14-15,18,20H,4-6,8-9,11H2,1-3H3/t14-,15+/m1/s1. The molecule has 1 aromatic heterocycles. The van der Waals surface area contributed by atoms with Gasteiger partial charge in [-0.1, -0.05) is 0 Å². The Morgan fingerprint density at radius 1 is 1.48 bits per heavy atom. The van der Waals surface area contributed by atoms with Crippen LogP contribution in [0.25, 0.3) is 0 Å². The number of ether oxygens (including phenoxy) is 1. The van der Waals surface area contributed by atoms with Crippen molar-refractivity contribution in [3.05, 3.63) is 22.4 Å². The third kappa shape index (κ3) is 6.12. The number of thiophene rings is 1. The topological polar surface area (TPSA) is 61.8 Å². The minimum atomic E-state index is -0.466. The molecule has 23 heavy (non-hydrogen) atoms. The van der Waals surface area contributed by atoms with E-state index in [2.05, 4.69) is 5.32 Å². The van der Waals surface area contributed by atoms with Crippen molar-refractivity contribution in [1.82, 2.24) is 10.2 Å². The number of hydrogen-bond acceptors (Lipinski definition) is 5. The summed E-state index contributed by atoms with van der Waals surface area (Å²) >= 11 is 1.59. The summed E-state index contributed by atoms with van der Waals surface area (Å²) in [4.78, 5) is 13.9. The van der Waals surface area contributed by atoms with Gasteiger partial charge in [0, 0.05) is 25.7 Å². The van der Waals surface area contributed by atoms with Gasteiger partial charge in [0.25, 0.3) is 0 Å². The van der Waals surface area contributed by atoms with Gasteiger partial charge in [0.15, 0.2) is 0 Å². The number of hydrogen-bond donors (Lipinski definition) is 2. The summed E-state index contributed by atoms with van der Waals surface area (Å²) in [5.41, 5.74) is 0.512. The van der Waals surface area contributed by atoms with E-state index in [1.165, 1.54) is 0 Å². The first kappa shape index (κ1) is 18.2. The average Bonchev–Trinajstić information content (AvgIpc) is 2.89. The van der Waals surface area contributed by atoms with Crippen LogP contribution in [0.5, 0.6) is 0 Å². The molecule has 0 aliphatic carbocycles. The van der Waals surface area contributed by atoms with Crippen molar-refractivity contribution in [2.24, 2.45) is 0 Å². The summed E-state index contributed by atoms with van der Waals surface area (Å²) < 4.78 is 5.44. The van der Waals surface area contributed by atoms with E-state index < -0.39 is 11.7 Å². The fourth-order valence-corrected chi connectivity index (χ4v) is 3.38. The molecule has 0 saturated carbocycles. The largest absolute Gasteiger partial charge is 0.444 e. The van der Waals surface area contributed by atoms with E-state index in [9.17, 15) is 9.90 Å². The van der Waals surface area contributed by atoms with Gasteiger partial charge < -0.3 is 20.1 Å². The Labute approximate surface area is 142 Å². The van der Waals surface area contributed by atoms with Gasteiger partial charge in [0.05, 0.1) is 6.10 Å². The molecule has 1 aliphatic rings. The zero-order valence-corrected chi connectivity index (χ0v) is 15.1. The van der Waals surface area contributed by atoms with Crippen LogP contribution in [0.3, 0.4) is 0 Å². The molecule has 130 valence electrons.